The lowest BCUT2D eigenvalue weighted by molar-refractivity contribution is 0.103. The molecule has 12 nitrogen and oxygen atoms in total. The number of hydrogen-bond acceptors (Lipinski definition) is 15. The molecule has 0 unspecified atom stereocenters. The number of carbonyl (C=O) groups excluding carboxylic acids is 3. The van der Waals surface area contributed by atoms with Crippen molar-refractivity contribution in [1.82, 2.24) is 16.0 Å². The first-order chi connectivity index (χ1) is 46.7. The second kappa shape index (κ2) is 33.7. The molecule has 0 saturated heterocycles. The van der Waals surface area contributed by atoms with E-state index in [9.17, 15) is 34.1 Å². The minimum atomic E-state index is -0.551. The first kappa shape index (κ1) is 69.3. The van der Waals surface area contributed by atoms with E-state index in [4.69, 9.17) is 14.2 Å². The summed E-state index contributed by atoms with van der Waals surface area (Å²) in [5.41, 5.74) is 8.74. The number of ketones is 3. The van der Waals surface area contributed by atoms with E-state index in [1.165, 1.54) is 46.1 Å². The Balaban J connectivity index is 0.000000157. The van der Waals surface area contributed by atoms with Crippen LogP contribution in [0.25, 0.3) is 63.6 Å². The zero-order chi connectivity index (χ0) is 67.5. The molecule has 3 heterocycles. The van der Waals surface area contributed by atoms with Crippen LogP contribution in [0, 0.1) is 19.7 Å². The standard InChI is InChI=1S/2C27H27NO3S.C26H24FNO3S/c1-3-28-15-4-16-31-22-12-9-19(10-13-22)25-23-14-11-21(29)17-24(23)32-27(25)26(30)20-7-5-18(2)6-8-20;1-3-28-15-6-16-31-21-12-9-19(10-13-21)25-23-14-11-20(29)17-24(23)32-27(25)26(30)22-8-5-4-7-18(22)2;1-2-28-14-5-15-31-19-11-8-17(9-12-19)24-21-13-10-18(29)16-23(21)32-26(24)25(30)20-6-3-4-7-22(20)27/h5-14,17,28-29H,3-4,15-16H2,1-2H3;4-5,7-14,17,28-29H,3,6,15-16H2,1-2H3;3-4,6-13,16,28-29H,2,5,14-15H2,1H3. The van der Waals surface area contributed by atoms with Crippen molar-refractivity contribution >= 4 is 81.6 Å². The Morgan fingerprint density at radius 2 is 0.750 bits per heavy atom. The molecule has 0 aliphatic rings. The zero-order valence-electron chi connectivity index (χ0n) is 54.4. The van der Waals surface area contributed by atoms with Gasteiger partial charge < -0.3 is 45.5 Å². The van der Waals surface area contributed by atoms with Crippen LogP contribution in [0.1, 0.15) is 96.9 Å². The number of aryl methyl sites for hydroxylation is 2. The maximum atomic E-state index is 14.4. The maximum Gasteiger partial charge on any atom is 0.206 e. The van der Waals surface area contributed by atoms with Crippen LogP contribution in [0.3, 0.4) is 0 Å². The summed E-state index contributed by atoms with van der Waals surface area (Å²) in [5.74, 6) is 1.96. The first-order valence-corrected chi connectivity index (χ1v) is 34.8. The van der Waals surface area contributed by atoms with Crippen molar-refractivity contribution in [2.45, 2.75) is 53.9 Å². The minimum absolute atomic E-state index is 0.00235. The van der Waals surface area contributed by atoms with E-state index in [1.807, 2.05) is 147 Å². The van der Waals surface area contributed by atoms with Gasteiger partial charge in [-0.2, -0.15) is 0 Å². The van der Waals surface area contributed by atoms with Crippen LogP contribution >= 0.6 is 34.0 Å². The molecule has 0 atom stereocenters. The fourth-order valence-electron chi connectivity index (χ4n) is 11.0. The third-order valence-electron chi connectivity index (χ3n) is 15.9. The second-order valence-electron chi connectivity index (χ2n) is 22.8. The highest BCUT2D eigenvalue weighted by Crippen LogP contribution is 2.45. The third kappa shape index (κ3) is 17.3. The number of phenolic OH excluding ortho intramolecular Hbond substituents is 3. The molecule has 0 bridgehead atoms. The number of benzene rings is 9. The molecule has 12 aromatic rings. The molecule has 0 spiro atoms. The number of halogens is 1. The van der Waals surface area contributed by atoms with E-state index in [1.54, 1.807) is 54.6 Å². The van der Waals surface area contributed by atoms with Crippen molar-refractivity contribution < 1.29 is 48.3 Å². The number of aromatic hydroxyl groups is 3. The molecule has 0 aliphatic heterocycles. The Bertz CT molecular complexity index is 4410. The Morgan fingerprint density at radius 3 is 1.11 bits per heavy atom. The van der Waals surface area contributed by atoms with Gasteiger partial charge in [0, 0.05) is 58.1 Å². The smallest absolute Gasteiger partial charge is 0.206 e. The highest BCUT2D eigenvalue weighted by atomic mass is 32.1. The van der Waals surface area contributed by atoms with Gasteiger partial charge in [-0.05, 0) is 198 Å². The molecule has 0 fully saturated rings. The summed E-state index contributed by atoms with van der Waals surface area (Å²) >= 11 is 4.10. The van der Waals surface area contributed by atoms with Crippen LogP contribution < -0.4 is 30.2 Å². The van der Waals surface area contributed by atoms with E-state index in [2.05, 4.69) is 36.7 Å². The molecule has 9 aromatic carbocycles. The van der Waals surface area contributed by atoms with Crippen LogP contribution in [-0.2, 0) is 0 Å². The Hall–Kier alpha value is -9.52. The molecule has 3 aromatic heterocycles. The monoisotopic (exact) mass is 1340 g/mol. The SMILES string of the molecule is CCNCCCOc1ccc(-c2c(C(=O)c3ccc(C)cc3)sc3cc(O)ccc23)cc1.CCNCCCOc1ccc(-c2c(C(=O)c3ccccc3C)sc3cc(O)ccc23)cc1.CCNCCCOc1ccc(-c2c(C(=O)c3ccccc3F)sc3cc(O)ccc23)cc1. The third-order valence-corrected chi connectivity index (χ3v) is 19.4. The number of rotatable bonds is 27. The van der Waals surface area contributed by atoms with Gasteiger partial charge in [0.2, 0.25) is 17.3 Å². The van der Waals surface area contributed by atoms with Crippen molar-refractivity contribution in [3.8, 4) is 67.9 Å². The topological polar surface area (TPSA) is 176 Å². The number of nitrogens with one attached hydrogen (secondary N) is 3. The summed E-state index contributed by atoms with van der Waals surface area (Å²) < 4.78 is 34.4. The molecule has 96 heavy (non-hydrogen) atoms. The van der Waals surface area contributed by atoms with E-state index in [-0.39, 0.29) is 40.2 Å². The largest absolute Gasteiger partial charge is 0.508 e. The second-order valence-corrected chi connectivity index (χ2v) is 26.0. The molecule has 0 aliphatic carbocycles. The van der Waals surface area contributed by atoms with E-state index in [0.717, 1.165) is 151 Å². The lowest BCUT2D eigenvalue weighted by Crippen LogP contribution is -2.16. The van der Waals surface area contributed by atoms with Gasteiger partial charge in [-0.25, -0.2) is 4.39 Å². The van der Waals surface area contributed by atoms with Gasteiger partial charge in [0.1, 0.15) is 40.3 Å². The minimum Gasteiger partial charge on any atom is -0.508 e. The zero-order valence-corrected chi connectivity index (χ0v) is 56.9. The molecule has 6 N–H and O–H groups in total. The van der Waals surface area contributed by atoms with Crippen molar-refractivity contribution in [2.24, 2.45) is 0 Å². The summed E-state index contributed by atoms with van der Waals surface area (Å²) in [4.78, 5) is 42.0. The Morgan fingerprint density at radius 1 is 0.406 bits per heavy atom. The van der Waals surface area contributed by atoms with Crippen molar-refractivity contribution in [1.29, 1.82) is 0 Å². The molecular weight excluding hydrogens is 1260 g/mol. The van der Waals surface area contributed by atoms with Gasteiger partial charge in [-0.1, -0.05) is 123 Å². The van der Waals surface area contributed by atoms with Gasteiger partial charge >= 0.3 is 0 Å². The predicted molar refractivity (Wildman–Crippen MR) is 392 cm³/mol. The number of phenols is 3. The molecule has 12 rings (SSSR count). The number of ether oxygens (including phenoxy) is 3. The van der Waals surface area contributed by atoms with Gasteiger partial charge in [0.05, 0.1) is 40.0 Å². The highest BCUT2D eigenvalue weighted by Gasteiger charge is 2.26. The van der Waals surface area contributed by atoms with Crippen LogP contribution in [0.5, 0.6) is 34.5 Å². The van der Waals surface area contributed by atoms with Gasteiger partial charge in [-0.3, -0.25) is 14.4 Å². The summed E-state index contributed by atoms with van der Waals surface area (Å²) in [6, 6.07) is 60.2. The maximum absolute atomic E-state index is 14.4. The summed E-state index contributed by atoms with van der Waals surface area (Å²) in [6.45, 7) is 17.8. The highest BCUT2D eigenvalue weighted by molar-refractivity contribution is 7.22. The van der Waals surface area contributed by atoms with Crippen LogP contribution in [0.4, 0.5) is 4.39 Å². The van der Waals surface area contributed by atoms with Crippen LogP contribution in [0.2, 0.25) is 0 Å². The normalized spacial score (nSPS) is 11.1. The summed E-state index contributed by atoms with van der Waals surface area (Å²) in [7, 11) is 0. The quantitative estimate of drug-likeness (QED) is 0.0213. The molecule has 0 saturated carbocycles. The Kier molecular flexibility index (Phi) is 24.4. The van der Waals surface area contributed by atoms with Gasteiger partial charge in [0.25, 0.3) is 0 Å². The fourth-order valence-corrected chi connectivity index (χ4v) is 14.6. The lowest BCUT2D eigenvalue weighted by Gasteiger charge is -2.09. The Labute approximate surface area is 571 Å². The summed E-state index contributed by atoms with van der Waals surface area (Å²) in [6.07, 6.45) is 2.81. The lowest BCUT2D eigenvalue weighted by atomic mass is 9.96. The van der Waals surface area contributed by atoms with Crippen molar-refractivity contribution in [3.63, 3.8) is 0 Å². The van der Waals surface area contributed by atoms with E-state index >= 15 is 0 Å². The number of carbonyl (C=O) groups is 3. The van der Waals surface area contributed by atoms with Crippen LogP contribution in [0.15, 0.2) is 200 Å². The number of fused-ring (bicyclic) bond motifs is 3. The predicted octanol–water partition coefficient (Wildman–Crippen LogP) is 18.4. The summed E-state index contributed by atoms with van der Waals surface area (Å²) in [5, 5.41) is 42.5. The van der Waals surface area contributed by atoms with Crippen LogP contribution in [-0.4, -0.2) is 91.8 Å². The number of hydrogen-bond donors (Lipinski definition) is 6. The first-order valence-electron chi connectivity index (χ1n) is 32.3. The molecule has 0 amide bonds. The average molecular weight is 1340 g/mol. The average Bonchev–Trinajstić information content (AvgIpc) is 1.63. The van der Waals surface area contributed by atoms with E-state index < -0.39 is 5.82 Å². The molecular formula is C80H78FN3O9S3. The van der Waals surface area contributed by atoms with Gasteiger partial charge in [-0.15, -0.1) is 34.0 Å². The molecule has 0 radical (unpaired) electrons. The van der Waals surface area contributed by atoms with Crippen molar-refractivity contribution in [2.75, 3.05) is 59.1 Å². The van der Waals surface area contributed by atoms with Crippen molar-refractivity contribution in [3.05, 3.63) is 248 Å². The fraction of sp³-hybridized carbons (Fsp3) is 0.212. The van der Waals surface area contributed by atoms with E-state index in [0.29, 0.717) is 45.6 Å². The number of thiophene rings is 3. The molecule has 16 heteroatoms. The van der Waals surface area contributed by atoms with Gasteiger partial charge in [0.15, 0.2) is 0 Å². The molecule has 492 valence electrons.